The number of benzene rings is 1. The highest BCUT2D eigenvalue weighted by molar-refractivity contribution is 8.16. The first kappa shape index (κ1) is 12.4. The van der Waals surface area contributed by atoms with Crippen LogP contribution in [-0.2, 0) is 6.42 Å². The minimum Gasteiger partial charge on any atom is -0.321 e. The van der Waals surface area contributed by atoms with E-state index in [1.165, 1.54) is 0 Å². The number of amidine groups is 1. The van der Waals surface area contributed by atoms with Crippen molar-refractivity contribution in [2.24, 2.45) is 4.99 Å². The molecule has 1 aromatic rings. The molecular formula is C13H12Cl2N2S. The maximum Gasteiger partial charge on any atom is 0.168 e. The molecule has 0 saturated heterocycles. The largest absolute Gasteiger partial charge is 0.321 e. The van der Waals surface area contributed by atoms with Gasteiger partial charge < -0.3 is 4.90 Å². The number of allylic oxidation sites excluding steroid dienone is 1. The predicted octanol–water partition coefficient (Wildman–Crippen LogP) is 3.75. The minimum atomic E-state index is 0.277. The minimum absolute atomic E-state index is 0.277. The van der Waals surface area contributed by atoms with E-state index in [1.807, 2.05) is 18.2 Å². The molecule has 18 heavy (non-hydrogen) atoms. The van der Waals surface area contributed by atoms with Crippen LogP contribution in [0.3, 0.4) is 0 Å². The van der Waals surface area contributed by atoms with E-state index in [9.17, 15) is 0 Å². The highest BCUT2D eigenvalue weighted by atomic mass is 35.5. The summed E-state index contributed by atoms with van der Waals surface area (Å²) in [5.74, 6) is 0.546. The van der Waals surface area contributed by atoms with E-state index in [1.54, 1.807) is 11.8 Å². The first-order valence-corrected chi connectivity index (χ1v) is 7.57. The van der Waals surface area contributed by atoms with Crippen LogP contribution in [0.15, 0.2) is 40.4 Å². The Hall–Kier alpha value is -0.640. The second kappa shape index (κ2) is 5.16. The molecule has 2 nitrogen and oxygen atoms in total. The van der Waals surface area contributed by atoms with E-state index < -0.39 is 0 Å². The fourth-order valence-electron chi connectivity index (χ4n) is 2.21. The predicted molar refractivity (Wildman–Crippen MR) is 79.5 cm³/mol. The van der Waals surface area contributed by atoms with Crippen molar-refractivity contribution >= 4 is 40.1 Å². The molecule has 1 unspecified atom stereocenters. The van der Waals surface area contributed by atoms with E-state index in [2.05, 4.69) is 16.4 Å². The molecule has 1 atom stereocenters. The van der Waals surface area contributed by atoms with Crippen molar-refractivity contribution in [2.75, 3.05) is 12.4 Å². The Bertz CT molecular complexity index is 527. The summed E-state index contributed by atoms with van der Waals surface area (Å²) in [6.07, 6.45) is 0.885. The molecule has 0 N–H and O–H groups in total. The van der Waals surface area contributed by atoms with Crippen molar-refractivity contribution in [3.8, 4) is 0 Å². The monoisotopic (exact) mass is 298 g/mol. The van der Waals surface area contributed by atoms with Crippen LogP contribution in [0.25, 0.3) is 0 Å². The standard InChI is InChI=1S/C13H12Cl2N2S/c14-6-11-8-18-13-16-10(7-17(11)13)5-9-3-1-2-4-12(9)15/h1-4,8,10H,5-7H2. The normalized spacial score (nSPS) is 21.9. The van der Waals surface area contributed by atoms with Crippen molar-refractivity contribution in [1.82, 2.24) is 4.90 Å². The van der Waals surface area contributed by atoms with Gasteiger partial charge in [-0.2, -0.15) is 0 Å². The summed E-state index contributed by atoms with van der Waals surface area (Å²) in [6.45, 7) is 0.909. The van der Waals surface area contributed by atoms with E-state index in [0.717, 1.165) is 34.4 Å². The second-order valence-electron chi connectivity index (χ2n) is 4.33. The number of hydrogen-bond acceptors (Lipinski definition) is 3. The molecule has 0 spiro atoms. The van der Waals surface area contributed by atoms with Crippen molar-refractivity contribution < 1.29 is 0 Å². The number of alkyl halides is 1. The lowest BCUT2D eigenvalue weighted by Gasteiger charge is -2.16. The van der Waals surface area contributed by atoms with Crippen LogP contribution in [0.2, 0.25) is 5.02 Å². The molecule has 0 aromatic heterocycles. The number of halogens is 2. The Morgan fingerprint density at radius 1 is 1.39 bits per heavy atom. The van der Waals surface area contributed by atoms with Crippen LogP contribution < -0.4 is 0 Å². The summed E-state index contributed by atoms with van der Waals surface area (Å²) in [5, 5.41) is 3.98. The first-order valence-electron chi connectivity index (χ1n) is 5.78. The molecule has 3 rings (SSSR count). The number of nitrogens with zero attached hydrogens (tertiary/aromatic N) is 2. The van der Waals surface area contributed by atoms with Gasteiger partial charge >= 0.3 is 0 Å². The molecule has 0 amide bonds. The molecule has 2 aliphatic heterocycles. The lowest BCUT2D eigenvalue weighted by atomic mass is 10.1. The summed E-state index contributed by atoms with van der Waals surface area (Å²) >= 11 is 13.7. The quantitative estimate of drug-likeness (QED) is 0.790. The average Bonchev–Trinajstić information content (AvgIpc) is 2.91. The van der Waals surface area contributed by atoms with Crippen molar-refractivity contribution in [3.63, 3.8) is 0 Å². The molecule has 0 saturated carbocycles. The second-order valence-corrected chi connectivity index (χ2v) is 5.84. The first-order chi connectivity index (χ1) is 8.78. The lowest BCUT2D eigenvalue weighted by Crippen LogP contribution is -2.25. The van der Waals surface area contributed by atoms with Gasteiger partial charge in [0.1, 0.15) is 0 Å². The SMILES string of the molecule is ClCC1=CSC2=NC(Cc3ccccc3Cl)CN12. The average molecular weight is 299 g/mol. The Morgan fingerprint density at radius 2 is 2.22 bits per heavy atom. The Labute approximate surface area is 121 Å². The van der Waals surface area contributed by atoms with Gasteiger partial charge in [-0.1, -0.05) is 41.6 Å². The molecule has 2 heterocycles. The highest BCUT2D eigenvalue weighted by Gasteiger charge is 2.31. The van der Waals surface area contributed by atoms with Crippen molar-refractivity contribution in [1.29, 1.82) is 0 Å². The van der Waals surface area contributed by atoms with Gasteiger partial charge in [0.15, 0.2) is 5.17 Å². The van der Waals surface area contributed by atoms with Gasteiger partial charge in [0.2, 0.25) is 0 Å². The van der Waals surface area contributed by atoms with Crippen LogP contribution in [-0.4, -0.2) is 28.5 Å². The number of aliphatic imine (C=N–C) groups is 1. The maximum absolute atomic E-state index is 6.18. The van der Waals surface area contributed by atoms with Gasteiger partial charge in [0.05, 0.1) is 11.9 Å². The van der Waals surface area contributed by atoms with Crippen LogP contribution in [0.5, 0.6) is 0 Å². The molecule has 1 aromatic carbocycles. The van der Waals surface area contributed by atoms with Crippen molar-refractivity contribution in [2.45, 2.75) is 12.5 Å². The molecule has 5 heteroatoms. The molecule has 2 aliphatic rings. The third kappa shape index (κ3) is 2.27. The fourth-order valence-corrected chi connectivity index (χ4v) is 3.71. The molecule has 0 bridgehead atoms. The maximum atomic E-state index is 6.18. The van der Waals surface area contributed by atoms with E-state index in [4.69, 9.17) is 28.2 Å². The van der Waals surface area contributed by atoms with Gasteiger partial charge in [0.25, 0.3) is 0 Å². The Kier molecular flexibility index (Phi) is 3.55. The van der Waals surface area contributed by atoms with Gasteiger partial charge in [-0.25, -0.2) is 0 Å². The summed E-state index contributed by atoms with van der Waals surface area (Å²) < 4.78 is 0. The smallest absolute Gasteiger partial charge is 0.168 e. The molecule has 0 aliphatic carbocycles. The van der Waals surface area contributed by atoms with E-state index in [-0.39, 0.29) is 6.04 Å². The van der Waals surface area contributed by atoms with Crippen LogP contribution >= 0.6 is 35.0 Å². The van der Waals surface area contributed by atoms with Crippen LogP contribution in [0.1, 0.15) is 5.56 Å². The molecule has 0 fully saturated rings. The third-order valence-corrected chi connectivity index (χ3v) is 4.68. The Morgan fingerprint density at radius 3 is 3.00 bits per heavy atom. The lowest BCUT2D eigenvalue weighted by molar-refractivity contribution is 0.511. The van der Waals surface area contributed by atoms with Gasteiger partial charge in [0, 0.05) is 17.3 Å². The number of thioether (sulfide) groups is 1. The summed E-state index contributed by atoms with van der Waals surface area (Å²) in [4.78, 5) is 6.93. The zero-order valence-corrected chi connectivity index (χ0v) is 12.0. The molecule has 94 valence electrons. The summed E-state index contributed by atoms with van der Waals surface area (Å²) in [5.41, 5.74) is 2.32. The van der Waals surface area contributed by atoms with Crippen molar-refractivity contribution in [3.05, 3.63) is 46.0 Å². The highest BCUT2D eigenvalue weighted by Crippen LogP contribution is 2.33. The third-order valence-electron chi connectivity index (χ3n) is 3.11. The van der Waals surface area contributed by atoms with Gasteiger partial charge in [-0.05, 0) is 23.5 Å². The zero-order chi connectivity index (χ0) is 12.5. The van der Waals surface area contributed by atoms with Gasteiger partial charge in [-0.15, -0.1) is 11.6 Å². The van der Waals surface area contributed by atoms with Crippen LogP contribution in [0.4, 0.5) is 0 Å². The molecule has 0 radical (unpaired) electrons. The number of hydrogen-bond donors (Lipinski definition) is 0. The van der Waals surface area contributed by atoms with E-state index >= 15 is 0 Å². The summed E-state index contributed by atoms with van der Waals surface area (Å²) in [6, 6.07) is 8.24. The number of rotatable bonds is 3. The fraction of sp³-hybridized carbons (Fsp3) is 0.308. The topological polar surface area (TPSA) is 15.6 Å². The van der Waals surface area contributed by atoms with Gasteiger partial charge in [-0.3, -0.25) is 4.99 Å². The van der Waals surface area contributed by atoms with E-state index in [0.29, 0.717) is 5.88 Å². The van der Waals surface area contributed by atoms with Crippen LogP contribution in [0, 0.1) is 0 Å². The zero-order valence-electron chi connectivity index (χ0n) is 9.64. The number of fused-ring (bicyclic) bond motifs is 1. The molecular weight excluding hydrogens is 287 g/mol. The summed E-state index contributed by atoms with van der Waals surface area (Å²) in [7, 11) is 0. The Balaban J connectivity index is 1.72.